The second-order valence-corrected chi connectivity index (χ2v) is 7.13. The average molecular weight is 440 g/mol. The van der Waals surface area contributed by atoms with E-state index in [1.165, 1.54) is 0 Å². The van der Waals surface area contributed by atoms with E-state index in [0.29, 0.717) is 43.2 Å². The quantitative estimate of drug-likeness (QED) is 0.292. The van der Waals surface area contributed by atoms with Crippen molar-refractivity contribution in [2.24, 2.45) is 5.73 Å². The van der Waals surface area contributed by atoms with Gasteiger partial charge in [0.25, 0.3) is 0 Å². The van der Waals surface area contributed by atoms with Gasteiger partial charge in [0.2, 0.25) is 0 Å². The van der Waals surface area contributed by atoms with Gasteiger partial charge in [-0.25, -0.2) is 4.79 Å². The Morgan fingerprint density at radius 2 is 2.12 bits per heavy atom. The number of carbonyl (C=O) groups is 1. The van der Waals surface area contributed by atoms with Gasteiger partial charge in [0, 0.05) is 18.4 Å². The summed E-state index contributed by atoms with van der Waals surface area (Å²) in [5, 5.41) is 22.0. The minimum Gasteiger partial charge on any atom is -0.497 e. The van der Waals surface area contributed by atoms with Gasteiger partial charge in [0.1, 0.15) is 11.5 Å². The molecule has 3 aromatic rings. The first-order chi connectivity index (χ1) is 15.6. The van der Waals surface area contributed by atoms with E-state index in [-0.39, 0.29) is 12.6 Å². The molecule has 0 fully saturated rings. The first-order valence-electron chi connectivity index (χ1n) is 10.4. The monoisotopic (exact) mass is 439 g/mol. The maximum atomic E-state index is 12.8. The second kappa shape index (κ2) is 11.7. The van der Waals surface area contributed by atoms with Crippen molar-refractivity contribution < 1.29 is 19.4 Å². The van der Waals surface area contributed by atoms with Gasteiger partial charge in [-0.3, -0.25) is 5.10 Å². The molecule has 2 amide bonds. The molecule has 0 aliphatic rings. The number of urea groups is 1. The Morgan fingerprint density at radius 1 is 1.25 bits per heavy atom. The van der Waals surface area contributed by atoms with Crippen molar-refractivity contribution in [1.29, 1.82) is 0 Å². The van der Waals surface area contributed by atoms with Gasteiger partial charge < -0.3 is 30.9 Å². The number of aromatic amines is 1. The highest BCUT2D eigenvalue weighted by Crippen LogP contribution is 2.31. The van der Waals surface area contributed by atoms with Crippen LogP contribution in [-0.4, -0.2) is 48.2 Å². The van der Waals surface area contributed by atoms with Crippen LogP contribution in [-0.2, 0) is 0 Å². The molecule has 0 spiro atoms. The number of methoxy groups -OCH3 is 1. The van der Waals surface area contributed by atoms with E-state index in [9.17, 15) is 9.90 Å². The Labute approximate surface area is 186 Å². The summed E-state index contributed by atoms with van der Waals surface area (Å²) in [5.74, 6) is 1.21. The number of amides is 2. The maximum Gasteiger partial charge on any atom is 0.319 e. The van der Waals surface area contributed by atoms with Crippen molar-refractivity contribution in [1.82, 2.24) is 15.5 Å². The second-order valence-electron chi connectivity index (χ2n) is 7.13. The topological polar surface area (TPSA) is 135 Å². The molecule has 32 heavy (non-hydrogen) atoms. The van der Waals surface area contributed by atoms with Crippen molar-refractivity contribution >= 4 is 11.7 Å². The number of ether oxygens (including phenoxy) is 2. The number of rotatable bonds is 11. The molecule has 9 heteroatoms. The zero-order valence-electron chi connectivity index (χ0n) is 18.0. The molecular formula is C23H29N5O4. The molecule has 3 rings (SSSR count). The third-order valence-electron chi connectivity index (χ3n) is 4.89. The lowest BCUT2D eigenvalue weighted by Crippen LogP contribution is -2.33. The Kier molecular flexibility index (Phi) is 8.47. The first-order valence-corrected chi connectivity index (χ1v) is 10.4. The van der Waals surface area contributed by atoms with Crippen LogP contribution in [0.15, 0.2) is 54.9 Å². The fourth-order valence-corrected chi connectivity index (χ4v) is 3.22. The van der Waals surface area contributed by atoms with E-state index < -0.39 is 6.03 Å². The molecular weight excluding hydrogens is 410 g/mol. The van der Waals surface area contributed by atoms with Gasteiger partial charge in [-0.2, -0.15) is 5.10 Å². The summed E-state index contributed by atoms with van der Waals surface area (Å²) in [7, 11) is 1.58. The lowest BCUT2D eigenvalue weighted by Gasteiger charge is -2.20. The number of aliphatic hydroxyl groups is 1. The van der Waals surface area contributed by atoms with E-state index >= 15 is 0 Å². The molecule has 0 aliphatic heterocycles. The normalized spacial score (nSPS) is 11.6. The van der Waals surface area contributed by atoms with Gasteiger partial charge in [-0.15, -0.1) is 0 Å². The van der Waals surface area contributed by atoms with Crippen LogP contribution >= 0.6 is 0 Å². The lowest BCUT2D eigenvalue weighted by atomic mass is 10.0. The molecule has 2 aromatic carbocycles. The lowest BCUT2D eigenvalue weighted by molar-refractivity contribution is 0.239. The van der Waals surface area contributed by atoms with Crippen LogP contribution in [0.2, 0.25) is 0 Å². The molecule has 170 valence electrons. The summed E-state index contributed by atoms with van der Waals surface area (Å²) in [5.41, 5.74) is 8.75. The Morgan fingerprint density at radius 3 is 2.84 bits per heavy atom. The van der Waals surface area contributed by atoms with Crippen molar-refractivity contribution in [3.05, 3.63) is 60.4 Å². The van der Waals surface area contributed by atoms with Gasteiger partial charge in [0.05, 0.1) is 31.6 Å². The Bertz CT molecular complexity index is 994. The third kappa shape index (κ3) is 6.22. The van der Waals surface area contributed by atoms with E-state index in [4.69, 9.17) is 15.2 Å². The van der Waals surface area contributed by atoms with Crippen LogP contribution in [0.5, 0.6) is 11.5 Å². The largest absolute Gasteiger partial charge is 0.497 e. The summed E-state index contributed by atoms with van der Waals surface area (Å²) in [4.78, 5) is 12.8. The number of aliphatic hydroxyl groups excluding tert-OH is 1. The predicted octanol–water partition coefficient (Wildman–Crippen LogP) is 3.06. The maximum absolute atomic E-state index is 12.8. The number of nitrogens with two attached hydrogens (primary N) is 1. The summed E-state index contributed by atoms with van der Waals surface area (Å²) >= 11 is 0. The van der Waals surface area contributed by atoms with Gasteiger partial charge in [-0.1, -0.05) is 18.2 Å². The number of hydrogen-bond donors (Lipinski definition) is 5. The van der Waals surface area contributed by atoms with Crippen molar-refractivity contribution in [2.45, 2.75) is 18.9 Å². The molecule has 1 atom stereocenters. The fraction of sp³-hybridized carbons (Fsp3) is 0.304. The highest BCUT2D eigenvalue weighted by atomic mass is 16.5. The van der Waals surface area contributed by atoms with Crippen LogP contribution in [0.4, 0.5) is 10.5 Å². The van der Waals surface area contributed by atoms with Gasteiger partial charge in [0.15, 0.2) is 0 Å². The highest BCUT2D eigenvalue weighted by Gasteiger charge is 2.17. The number of aromatic nitrogens is 2. The summed E-state index contributed by atoms with van der Waals surface area (Å²) in [6.45, 7) is 0.863. The van der Waals surface area contributed by atoms with Crippen molar-refractivity contribution in [2.75, 3.05) is 32.2 Å². The molecule has 0 aliphatic carbocycles. The summed E-state index contributed by atoms with van der Waals surface area (Å²) in [6, 6.07) is 12.1. The van der Waals surface area contributed by atoms with Crippen LogP contribution < -0.4 is 25.8 Å². The summed E-state index contributed by atoms with van der Waals surface area (Å²) < 4.78 is 11.1. The van der Waals surface area contributed by atoms with E-state index in [2.05, 4.69) is 20.8 Å². The first kappa shape index (κ1) is 23.1. The smallest absolute Gasteiger partial charge is 0.319 e. The molecule has 0 saturated carbocycles. The van der Waals surface area contributed by atoms with Crippen LogP contribution in [0.25, 0.3) is 11.1 Å². The number of hydrogen-bond acceptors (Lipinski definition) is 6. The van der Waals surface area contributed by atoms with Crippen LogP contribution in [0.1, 0.15) is 24.4 Å². The Hall–Kier alpha value is -3.56. The number of nitrogens with one attached hydrogen (secondary N) is 3. The number of H-pyrrole nitrogens is 1. The standard InChI is InChI=1S/C23H29N5O4/c1-31-19-5-2-4-17(12-19)20(8-10-29)27-23(30)28-21-7-6-16(18-14-25-26-15-18)13-22(21)32-11-3-9-24/h2,4-7,12-15,20,29H,3,8-11,24H2,1H3,(H,25,26)(H2,27,28,30). The zero-order chi connectivity index (χ0) is 22.8. The Balaban J connectivity index is 1.76. The average Bonchev–Trinajstić information content (AvgIpc) is 3.35. The highest BCUT2D eigenvalue weighted by molar-refractivity contribution is 5.91. The van der Waals surface area contributed by atoms with Crippen molar-refractivity contribution in [3.8, 4) is 22.6 Å². The minimum atomic E-state index is -0.411. The molecule has 0 saturated heterocycles. The van der Waals surface area contributed by atoms with E-state index in [1.807, 2.05) is 36.4 Å². The third-order valence-corrected chi connectivity index (χ3v) is 4.89. The number of benzene rings is 2. The predicted molar refractivity (Wildman–Crippen MR) is 123 cm³/mol. The SMILES string of the molecule is COc1cccc(C(CCO)NC(=O)Nc2ccc(-c3cn[nH]c3)cc2OCCCN)c1. The molecule has 0 radical (unpaired) electrons. The van der Waals surface area contributed by atoms with E-state index in [0.717, 1.165) is 16.7 Å². The zero-order valence-corrected chi connectivity index (χ0v) is 18.0. The number of carbonyl (C=O) groups excluding carboxylic acids is 1. The van der Waals surface area contributed by atoms with Gasteiger partial charge in [-0.05, 0) is 54.8 Å². The summed E-state index contributed by atoms with van der Waals surface area (Å²) in [6.07, 6.45) is 4.55. The molecule has 1 aromatic heterocycles. The molecule has 6 N–H and O–H groups in total. The number of nitrogens with zero attached hydrogens (tertiary/aromatic N) is 1. The number of anilines is 1. The van der Waals surface area contributed by atoms with Crippen LogP contribution in [0.3, 0.4) is 0 Å². The van der Waals surface area contributed by atoms with Crippen molar-refractivity contribution in [3.63, 3.8) is 0 Å². The fourth-order valence-electron chi connectivity index (χ4n) is 3.22. The van der Waals surface area contributed by atoms with Gasteiger partial charge >= 0.3 is 6.03 Å². The molecule has 9 nitrogen and oxygen atoms in total. The molecule has 0 bridgehead atoms. The minimum absolute atomic E-state index is 0.0744. The molecule has 1 heterocycles. The van der Waals surface area contributed by atoms with E-state index in [1.54, 1.807) is 25.6 Å². The van der Waals surface area contributed by atoms with Crippen LogP contribution in [0, 0.1) is 0 Å². The molecule has 1 unspecified atom stereocenters.